The molecule has 3 aromatic rings. The lowest BCUT2D eigenvalue weighted by molar-refractivity contribution is 0.618. The maximum Gasteiger partial charge on any atom is 0.193 e. The van der Waals surface area contributed by atoms with Gasteiger partial charge in [0, 0.05) is 49.3 Å². The van der Waals surface area contributed by atoms with Gasteiger partial charge in [-0.05, 0) is 43.3 Å². The van der Waals surface area contributed by atoms with Gasteiger partial charge in [-0.1, -0.05) is 0 Å². The molecule has 0 bridgehead atoms. The van der Waals surface area contributed by atoms with Crippen LogP contribution in [0.2, 0.25) is 0 Å². The van der Waals surface area contributed by atoms with Gasteiger partial charge in [-0.3, -0.25) is 9.78 Å². The Hall–Kier alpha value is -2.66. The molecule has 1 N–H and O–H groups in total. The van der Waals surface area contributed by atoms with Crippen molar-refractivity contribution in [1.29, 1.82) is 0 Å². The Labute approximate surface area is 139 Å². The number of benzene rings is 1. The third kappa shape index (κ3) is 2.90. The van der Waals surface area contributed by atoms with Crippen molar-refractivity contribution in [3.63, 3.8) is 0 Å². The Bertz CT molecular complexity index is 897. The van der Waals surface area contributed by atoms with E-state index in [1.165, 1.54) is 0 Å². The van der Waals surface area contributed by atoms with Gasteiger partial charge < -0.3 is 14.6 Å². The zero-order valence-corrected chi connectivity index (χ0v) is 13.4. The van der Waals surface area contributed by atoms with Crippen LogP contribution >= 0.6 is 0 Å². The number of anilines is 1. The van der Waals surface area contributed by atoms with Gasteiger partial charge in [0.05, 0.1) is 5.39 Å². The average Bonchev–Trinajstić information content (AvgIpc) is 2.91. The number of hydrogen-bond donors (Lipinski definition) is 1. The Morgan fingerprint density at radius 1 is 1.12 bits per heavy atom. The predicted molar refractivity (Wildman–Crippen MR) is 95.4 cm³/mol. The summed E-state index contributed by atoms with van der Waals surface area (Å²) in [4.78, 5) is 19.0. The fourth-order valence-corrected chi connectivity index (χ4v) is 3.10. The number of hydrogen-bond acceptors (Lipinski definition) is 5. The highest BCUT2D eigenvalue weighted by Crippen LogP contribution is 2.25. The van der Waals surface area contributed by atoms with Crippen molar-refractivity contribution >= 4 is 16.7 Å². The molecule has 2 aromatic heterocycles. The lowest BCUT2D eigenvalue weighted by Gasteiger charge is -2.22. The molecule has 1 aromatic carbocycles. The van der Waals surface area contributed by atoms with Crippen LogP contribution in [0.4, 0.5) is 5.69 Å². The van der Waals surface area contributed by atoms with E-state index in [1.54, 1.807) is 18.5 Å². The summed E-state index contributed by atoms with van der Waals surface area (Å²) in [6.07, 6.45) is 4.50. The van der Waals surface area contributed by atoms with Crippen LogP contribution in [0.5, 0.6) is 0 Å². The molecule has 0 radical (unpaired) electrons. The Balaban J connectivity index is 1.75. The molecule has 0 spiro atoms. The largest absolute Gasteiger partial charge is 0.456 e. The fourth-order valence-electron chi connectivity index (χ4n) is 3.10. The zero-order valence-electron chi connectivity index (χ0n) is 13.4. The second-order valence-electron chi connectivity index (χ2n) is 5.99. The maximum absolute atomic E-state index is 12.6. The second-order valence-corrected chi connectivity index (χ2v) is 5.99. The molecule has 5 heteroatoms. The van der Waals surface area contributed by atoms with E-state index in [0.29, 0.717) is 16.7 Å². The highest BCUT2D eigenvalue weighted by Gasteiger charge is 2.12. The number of pyridine rings is 1. The first kappa shape index (κ1) is 14.9. The summed E-state index contributed by atoms with van der Waals surface area (Å²) >= 11 is 0. The van der Waals surface area contributed by atoms with E-state index in [4.69, 9.17) is 4.42 Å². The van der Waals surface area contributed by atoms with E-state index in [-0.39, 0.29) is 5.43 Å². The Morgan fingerprint density at radius 2 is 2.08 bits per heavy atom. The van der Waals surface area contributed by atoms with Crippen molar-refractivity contribution in [3.8, 4) is 11.3 Å². The van der Waals surface area contributed by atoms with Gasteiger partial charge in [0.2, 0.25) is 0 Å². The van der Waals surface area contributed by atoms with Gasteiger partial charge in [0.15, 0.2) is 5.43 Å². The SMILES string of the molecule is O=c1cc(-c2cccnc2)oc2ccc(N3CCCNCC3)cc12. The van der Waals surface area contributed by atoms with Crippen molar-refractivity contribution < 1.29 is 4.42 Å². The van der Waals surface area contributed by atoms with Crippen molar-refractivity contribution in [2.45, 2.75) is 6.42 Å². The monoisotopic (exact) mass is 321 g/mol. The topological polar surface area (TPSA) is 58.4 Å². The molecule has 0 amide bonds. The summed E-state index contributed by atoms with van der Waals surface area (Å²) in [5.41, 5.74) is 2.47. The van der Waals surface area contributed by atoms with Crippen molar-refractivity contribution in [1.82, 2.24) is 10.3 Å². The first-order valence-corrected chi connectivity index (χ1v) is 8.25. The number of nitrogens with zero attached hydrogens (tertiary/aromatic N) is 2. The average molecular weight is 321 g/mol. The lowest BCUT2D eigenvalue weighted by Crippen LogP contribution is -2.27. The molecule has 0 saturated carbocycles. The molecule has 3 heterocycles. The molecule has 5 nitrogen and oxygen atoms in total. The van der Waals surface area contributed by atoms with Crippen LogP contribution in [-0.2, 0) is 0 Å². The third-order valence-electron chi connectivity index (χ3n) is 4.36. The minimum absolute atomic E-state index is 0.0232. The fraction of sp³-hybridized carbons (Fsp3) is 0.263. The predicted octanol–water partition coefficient (Wildman–Crippen LogP) is 2.65. The second kappa shape index (κ2) is 6.45. The molecule has 1 aliphatic rings. The molecule has 0 unspecified atom stereocenters. The number of aromatic nitrogens is 1. The van der Waals surface area contributed by atoms with Gasteiger partial charge in [0.1, 0.15) is 11.3 Å². The molecule has 4 rings (SSSR count). The number of fused-ring (bicyclic) bond motifs is 1. The Kier molecular flexibility index (Phi) is 4.01. The first-order chi connectivity index (χ1) is 11.8. The standard InChI is InChI=1S/C19H19N3O2/c23-17-12-19(14-3-1-6-21-13-14)24-18-5-4-15(11-16(17)18)22-9-2-7-20-8-10-22/h1,3-6,11-13,20H,2,7-10H2. The van der Waals surface area contributed by atoms with E-state index in [2.05, 4.69) is 15.2 Å². The van der Waals surface area contributed by atoms with Gasteiger partial charge in [-0.25, -0.2) is 0 Å². The molecule has 0 aliphatic carbocycles. The summed E-state index contributed by atoms with van der Waals surface area (Å²) in [6.45, 7) is 3.95. The molecule has 24 heavy (non-hydrogen) atoms. The van der Waals surface area contributed by atoms with Crippen molar-refractivity contribution in [2.75, 3.05) is 31.1 Å². The summed E-state index contributed by atoms with van der Waals surface area (Å²) in [5, 5.41) is 4.02. The van der Waals surface area contributed by atoms with Crippen LogP contribution in [0.15, 0.2) is 58.0 Å². The summed E-state index contributed by atoms with van der Waals surface area (Å²) in [7, 11) is 0. The molecule has 1 fully saturated rings. The molecule has 0 atom stereocenters. The van der Waals surface area contributed by atoms with E-state index in [0.717, 1.165) is 43.9 Å². The first-order valence-electron chi connectivity index (χ1n) is 8.25. The smallest absolute Gasteiger partial charge is 0.193 e. The summed E-state index contributed by atoms with van der Waals surface area (Å²) < 4.78 is 5.92. The van der Waals surface area contributed by atoms with Crippen LogP contribution in [-0.4, -0.2) is 31.2 Å². The zero-order chi connectivity index (χ0) is 16.4. The molecular formula is C19H19N3O2. The minimum Gasteiger partial charge on any atom is -0.456 e. The van der Waals surface area contributed by atoms with Crippen LogP contribution in [0.3, 0.4) is 0 Å². The minimum atomic E-state index is -0.0232. The van der Waals surface area contributed by atoms with Gasteiger partial charge in [0.25, 0.3) is 0 Å². The molecule has 1 aliphatic heterocycles. The van der Waals surface area contributed by atoms with E-state index in [1.807, 2.05) is 30.3 Å². The van der Waals surface area contributed by atoms with Crippen LogP contribution in [0.25, 0.3) is 22.3 Å². The summed E-state index contributed by atoms with van der Waals surface area (Å²) in [5.74, 6) is 0.548. The number of nitrogens with one attached hydrogen (secondary N) is 1. The molecule has 1 saturated heterocycles. The van der Waals surface area contributed by atoms with Crippen molar-refractivity contribution in [3.05, 3.63) is 59.0 Å². The van der Waals surface area contributed by atoms with Gasteiger partial charge in [-0.2, -0.15) is 0 Å². The van der Waals surface area contributed by atoms with Gasteiger partial charge >= 0.3 is 0 Å². The van der Waals surface area contributed by atoms with E-state index in [9.17, 15) is 4.79 Å². The van der Waals surface area contributed by atoms with E-state index >= 15 is 0 Å². The van der Waals surface area contributed by atoms with E-state index < -0.39 is 0 Å². The third-order valence-corrected chi connectivity index (χ3v) is 4.36. The quantitative estimate of drug-likeness (QED) is 0.786. The lowest BCUT2D eigenvalue weighted by atomic mass is 10.1. The Morgan fingerprint density at radius 3 is 2.96 bits per heavy atom. The summed E-state index contributed by atoms with van der Waals surface area (Å²) in [6, 6.07) is 11.1. The number of rotatable bonds is 2. The maximum atomic E-state index is 12.6. The van der Waals surface area contributed by atoms with Crippen molar-refractivity contribution in [2.24, 2.45) is 0 Å². The van der Waals surface area contributed by atoms with Gasteiger partial charge in [-0.15, -0.1) is 0 Å². The molecular weight excluding hydrogens is 302 g/mol. The van der Waals surface area contributed by atoms with Crippen LogP contribution in [0, 0.1) is 0 Å². The highest BCUT2D eigenvalue weighted by atomic mass is 16.3. The normalized spacial score (nSPS) is 15.4. The van der Waals surface area contributed by atoms with Crippen LogP contribution < -0.4 is 15.6 Å². The molecule has 122 valence electrons. The highest BCUT2D eigenvalue weighted by molar-refractivity contribution is 5.82. The van der Waals surface area contributed by atoms with Crippen LogP contribution in [0.1, 0.15) is 6.42 Å².